The van der Waals surface area contributed by atoms with Gasteiger partial charge in [-0.1, -0.05) is 6.07 Å². The molecule has 2 rings (SSSR count). The molecule has 6 heteroatoms. The minimum atomic E-state index is -0.365. The van der Waals surface area contributed by atoms with E-state index in [4.69, 9.17) is 10.5 Å². The number of phenolic OH excluding ortho intramolecular Hbond substituents is 1. The summed E-state index contributed by atoms with van der Waals surface area (Å²) in [7, 11) is 1.47. The van der Waals surface area contributed by atoms with Crippen molar-refractivity contribution in [2.75, 3.05) is 12.8 Å². The van der Waals surface area contributed by atoms with E-state index in [1.54, 1.807) is 36.4 Å². The molecule has 0 fully saturated rings. The van der Waals surface area contributed by atoms with Gasteiger partial charge in [0.05, 0.1) is 13.3 Å². The highest BCUT2D eigenvalue weighted by atomic mass is 16.5. The van der Waals surface area contributed by atoms with Crippen molar-refractivity contribution < 1.29 is 14.6 Å². The Hall–Kier alpha value is -3.02. The van der Waals surface area contributed by atoms with Crippen molar-refractivity contribution in [1.29, 1.82) is 0 Å². The third-order valence-electron chi connectivity index (χ3n) is 2.73. The molecule has 4 N–H and O–H groups in total. The van der Waals surface area contributed by atoms with Crippen LogP contribution in [0.4, 0.5) is 5.69 Å². The molecule has 21 heavy (non-hydrogen) atoms. The number of nitrogens with one attached hydrogen (secondary N) is 1. The van der Waals surface area contributed by atoms with Gasteiger partial charge in [-0.2, -0.15) is 5.10 Å². The quantitative estimate of drug-likeness (QED) is 0.453. The van der Waals surface area contributed by atoms with Crippen molar-refractivity contribution in [2.24, 2.45) is 5.10 Å². The molecule has 0 saturated carbocycles. The number of anilines is 1. The molecule has 0 unspecified atom stereocenters. The highest BCUT2D eigenvalue weighted by molar-refractivity contribution is 5.95. The van der Waals surface area contributed by atoms with Gasteiger partial charge >= 0.3 is 0 Å². The molecule has 0 aromatic heterocycles. The van der Waals surface area contributed by atoms with Gasteiger partial charge in [-0.3, -0.25) is 4.79 Å². The zero-order valence-corrected chi connectivity index (χ0v) is 11.4. The first kappa shape index (κ1) is 14.4. The van der Waals surface area contributed by atoms with Crippen LogP contribution in [0.1, 0.15) is 15.9 Å². The Kier molecular flexibility index (Phi) is 4.40. The maximum atomic E-state index is 11.8. The monoisotopic (exact) mass is 285 g/mol. The van der Waals surface area contributed by atoms with Gasteiger partial charge in [0.1, 0.15) is 0 Å². The zero-order chi connectivity index (χ0) is 15.2. The summed E-state index contributed by atoms with van der Waals surface area (Å²) in [6.45, 7) is 0. The summed E-state index contributed by atoms with van der Waals surface area (Å²) in [4.78, 5) is 11.8. The summed E-state index contributed by atoms with van der Waals surface area (Å²) in [5, 5.41) is 13.4. The zero-order valence-electron chi connectivity index (χ0n) is 11.4. The molecule has 6 nitrogen and oxygen atoms in total. The van der Waals surface area contributed by atoms with Crippen molar-refractivity contribution in [2.45, 2.75) is 0 Å². The van der Waals surface area contributed by atoms with Crippen LogP contribution in [0.15, 0.2) is 47.6 Å². The molecule has 0 saturated heterocycles. The number of rotatable bonds is 4. The lowest BCUT2D eigenvalue weighted by Gasteiger charge is -2.03. The molecule has 0 bridgehead atoms. The van der Waals surface area contributed by atoms with Crippen LogP contribution < -0.4 is 15.9 Å². The highest BCUT2D eigenvalue weighted by Crippen LogP contribution is 2.25. The largest absolute Gasteiger partial charge is 0.504 e. The molecule has 0 spiro atoms. The third kappa shape index (κ3) is 3.73. The molecule has 108 valence electrons. The summed E-state index contributed by atoms with van der Waals surface area (Å²) in [5.41, 5.74) is 9.54. The molecule has 0 heterocycles. The second-order valence-corrected chi connectivity index (χ2v) is 4.26. The van der Waals surface area contributed by atoms with Gasteiger partial charge < -0.3 is 15.6 Å². The first-order valence-electron chi connectivity index (χ1n) is 6.16. The average Bonchev–Trinajstić information content (AvgIpc) is 2.47. The van der Waals surface area contributed by atoms with Crippen LogP contribution in [-0.2, 0) is 0 Å². The lowest BCUT2D eigenvalue weighted by molar-refractivity contribution is 0.0955. The minimum Gasteiger partial charge on any atom is -0.504 e. The molecule has 1 amide bonds. The number of hydrogen-bond acceptors (Lipinski definition) is 5. The van der Waals surface area contributed by atoms with Crippen molar-refractivity contribution in [1.82, 2.24) is 5.43 Å². The normalized spacial score (nSPS) is 10.5. The number of carbonyl (C=O) groups is 1. The SMILES string of the molecule is COc1ccc(/C=N\NC(=O)c2cccc(N)c2)cc1O. The summed E-state index contributed by atoms with van der Waals surface area (Å²) in [6.07, 6.45) is 1.42. The van der Waals surface area contributed by atoms with Crippen molar-refractivity contribution in [3.63, 3.8) is 0 Å². The van der Waals surface area contributed by atoms with Crippen LogP contribution in [0.5, 0.6) is 11.5 Å². The summed E-state index contributed by atoms with van der Waals surface area (Å²) < 4.78 is 4.94. The van der Waals surface area contributed by atoms with E-state index >= 15 is 0 Å². The summed E-state index contributed by atoms with van der Waals surface area (Å²) >= 11 is 0. The Morgan fingerprint density at radius 1 is 1.33 bits per heavy atom. The van der Waals surface area contributed by atoms with E-state index in [0.29, 0.717) is 22.6 Å². The van der Waals surface area contributed by atoms with Crippen molar-refractivity contribution in [3.05, 3.63) is 53.6 Å². The van der Waals surface area contributed by atoms with Crippen LogP contribution in [-0.4, -0.2) is 24.3 Å². The Labute approximate surface area is 121 Å². The number of ether oxygens (including phenoxy) is 1. The maximum absolute atomic E-state index is 11.8. The van der Waals surface area contributed by atoms with E-state index in [2.05, 4.69) is 10.5 Å². The molecule has 0 atom stereocenters. The Morgan fingerprint density at radius 3 is 2.81 bits per heavy atom. The molecule has 0 aliphatic carbocycles. The molecule has 0 radical (unpaired) electrons. The first-order chi connectivity index (χ1) is 10.1. The van der Waals surface area contributed by atoms with Crippen LogP contribution in [0.25, 0.3) is 0 Å². The van der Waals surface area contributed by atoms with Gasteiger partial charge in [0.2, 0.25) is 0 Å². The van der Waals surface area contributed by atoms with E-state index in [1.165, 1.54) is 19.4 Å². The fourth-order valence-electron chi connectivity index (χ4n) is 1.70. The first-order valence-corrected chi connectivity index (χ1v) is 6.16. The Bertz CT molecular complexity index is 684. The number of nitrogens with two attached hydrogens (primary N) is 1. The van der Waals surface area contributed by atoms with Gasteiger partial charge in [0.25, 0.3) is 5.91 Å². The second-order valence-electron chi connectivity index (χ2n) is 4.26. The van der Waals surface area contributed by atoms with E-state index in [-0.39, 0.29) is 11.7 Å². The minimum absolute atomic E-state index is 0.00334. The maximum Gasteiger partial charge on any atom is 0.271 e. The Balaban J connectivity index is 2.02. The van der Waals surface area contributed by atoms with Gasteiger partial charge in [-0.15, -0.1) is 0 Å². The van der Waals surface area contributed by atoms with E-state index in [1.807, 2.05) is 0 Å². The number of hydrogen-bond donors (Lipinski definition) is 3. The molecule has 0 aliphatic rings. The fraction of sp³-hybridized carbons (Fsp3) is 0.0667. The predicted octanol–water partition coefficient (Wildman–Crippen LogP) is 1.75. The number of amides is 1. The van der Waals surface area contributed by atoms with Crippen molar-refractivity contribution in [3.8, 4) is 11.5 Å². The molecule has 2 aromatic rings. The molecule has 0 aliphatic heterocycles. The smallest absolute Gasteiger partial charge is 0.271 e. The second kappa shape index (κ2) is 6.42. The van der Waals surface area contributed by atoms with Crippen LogP contribution in [0.2, 0.25) is 0 Å². The van der Waals surface area contributed by atoms with Gasteiger partial charge in [-0.05, 0) is 42.0 Å². The number of hydrazone groups is 1. The molecular formula is C15H15N3O3. The number of methoxy groups -OCH3 is 1. The van der Waals surface area contributed by atoms with Gasteiger partial charge in [0, 0.05) is 11.3 Å². The fourth-order valence-corrected chi connectivity index (χ4v) is 1.70. The molecule has 2 aromatic carbocycles. The van der Waals surface area contributed by atoms with Crippen LogP contribution in [0.3, 0.4) is 0 Å². The standard InChI is InChI=1S/C15H15N3O3/c1-21-14-6-5-10(7-13(14)19)9-17-18-15(20)11-3-2-4-12(16)8-11/h2-9,19H,16H2,1H3,(H,18,20)/b17-9-. The number of carbonyl (C=O) groups excluding carboxylic acids is 1. The average molecular weight is 285 g/mol. The third-order valence-corrected chi connectivity index (χ3v) is 2.73. The van der Waals surface area contributed by atoms with Gasteiger partial charge in [-0.25, -0.2) is 5.43 Å². The summed E-state index contributed by atoms with van der Waals surface area (Å²) in [5.74, 6) is 0.0100. The predicted molar refractivity (Wildman–Crippen MR) is 80.6 cm³/mol. The number of phenols is 1. The lowest BCUT2D eigenvalue weighted by Crippen LogP contribution is -2.17. The van der Waals surface area contributed by atoms with Crippen molar-refractivity contribution >= 4 is 17.8 Å². The summed E-state index contributed by atoms with van der Waals surface area (Å²) in [6, 6.07) is 11.4. The van der Waals surface area contributed by atoms with Crippen LogP contribution in [0, 0.1) is 0 Å². The van der Waals surface area contributed by atoms with E-state index < -0.39 is 0 Å². The van der Waals surface area contributed by atoms with Gasteiger partial charge in [0.15, 0.2) is 11.5 Å². The number of benzene rings is 2. The number of nitrogens with zero attached hydrogens (tertiary/aromatic N) is 1. The highest BCUT2D eigenvalue weighted by Gasteiger charge is 2.04. The van der Waals surface area contributed by atoms with E-state index in [9.17, 15) is 9.90 Å². The van der Waals surface area contributed by atoms with E-state index in [0.717, 1.165) is 0 Å². The number of nitrogen functional groups attached to an aromatic ring is 1. The Morgan fingerprint density at radius 2 is 2.14 bits per heavy atom. The molecular weight excluding hydrogens is 270 g/mol. The number of aromatic hydroxyl groups is 1. The lowest BCUT2D eigenvalue weighted by atomic mass is 10.2. The van der Waals surface area contributed by atoms with Crippen LogP contribution >= 0.6 is 0 Å². The topological polar surface area (TPSA) is 96.9 Å².